The molecule has 0 radical (unpaired) electrons. The van der Waals surface area contributed by atoms with Gasteiger partial charge in [-0.2, -0.15) is 0 Å². The van der Waals surface area contributed by atoms with Crippen molar-refractivity contribution < 1.29 is 0 Å². The molecule has 1 rings (SSSR count). The zero-order chi connectivity index (χ0) is 9.90. The van der Waals surface area contributed by atoms with Gasteiger partial charge in [-0.15, -0.1) is 0 Å². The van der Waals surface area contributed by atoms with E-state index in [1.165, 1.54) is 11.3 Å². The van der Waals surface area contributed by atoms with Gasteiger partial charge < -0.3 is 5.32 Å². The molecule has 72 valence electrons. The molecule has 0 aliphatic heterocycles. The molecule has 0 amide bonds. The van der Waals surface area contributed by atoms with Gasteiger partial charge >= 0.3 is 0 Å². The van der Waals surface area contributed by atoms with Crippen LogP contribution in [0.3, 0.4) is 0 Å². The molecule has 0 spiro atoms. The van der Waals surface area contributed by atoms with Crippen LogP contribution in [0, 0.1) is 12.3 Å². The first-order chi connectivity index (χ1) is 5.97. The fourth-order valence-corrected chi connectivity index (χ4v) is 1.04. The zero-order valence-corrected chi connectivity index (χ0v) is 9.02. The van der Waals surface area contributed by atoms with Crippen LogP contribution >= 0.6 is 0 Å². The second-order valence-corrected chi connectivity index (χ2v) is 4.78. The average Bonchev–Trinajstić information content (AvgIpc) is 2.02. The van der Waals surface area contributed by atoms with E-state index in [4.69, 9.17) is 0 Å². The van der Waals surface area contributed by atoms with Crippen molar-refractivity contribution in [3.8, 4) is 0 Å². The first kappa shape index (κ1) is 10.1. The summed E-state index contributed by atoms with van der Waals surface area (Å²) in [6, 6.07) is 8.51. The van der Waals surface area contributed by atoms with Crippen LogP contribution in [0.4, 0.5) is 5.69 Å². The predicted octanol–water partition coefficient (Wildman–Crippen LogP) is 3.45. The predicted molar refractivity (Wildman–Crippen MR) is 59.1 cm³/mol. The third-order valence-corrected chi connectivity index (χ3v) is 1.87. The van der Waals surface area contributed by atoms with Gasteiger partial charge in [0.2, 0.25) is 0 Å². The summed E-state index contributed by atoms with van der Waals surface area (Å²) >= 11 is 0. The minimum absolute atomic E-state index is 0.338. The van der Waals surface area contributed by atoms with E-state index >= 15 is 0 Å². The summed E-state index contributed by atoms with van der Waals surface area (Å²) < 4.78 is 0. The fraction of sp³-hybridized carbons (Fsp3) is 0.500. The van der Waals surface area contributed by atoms with E-state index in [0.29, 0.717) is 5.41 Å². The monoisotopic (exact) mass is 177 g/mol. The Kier molecular flexibility index (Phi) is 2.97. The third-order valence-electron chi connectivity index (χ3n) is 1.87. The largest absolute Gasteiger partial charge is 0.385 e. The van der Waals surface area contributed by atoms with Crippen LogP contribution in [0.2, 0.25) is 0 Å². The standard InChI is InChI=1S/C12H19N/c1-10-5-7-11(8-6-10)13-9-12(2,3)4/h5-8,13H,9H2,1-4H3. The molecule has 0 heterocycles. The Labute approximate surface area is 81.2 Å². The quantitative estimate of drug-likeness (QED) is 0.729. The smallest absolute Gasteiger partial charge is 0.0340 e. The molecule has 0 atom stereocenters. The number of anilines is 1. The van der Waals surface area contributed by atoms with Gasteiger partial charge in [-0.05, 0) is 24.5 Å². The molecule has 13 heavy (non-hydrogen) atoms. The van der Waals surface area contributed by atoms with E-state index in [-0.39, 0.29) is 0 Å². The van der Waals surface area contributed by atoms with Crippen LogP contribution in [-0.4, -0.2) is 6.54 Å². The van der Waals surface area contributed by atoms with Gasteiger partial charge in [0, 0.05) is 12.2 Å². The number of benzene rings is 1. The van der Waals surface area contributed by atoms with Crippen LogP contribution in [-0.2, 0) is 0 Å². The molecule has 1 heteroatoms. The topological polar surface area (TPSA) is 12.0 Å². The van der Waals surface area contributed by atoms with E-state index in [1.54, 1.807) is 0 Å². The van der Waals surface area contributed by atoms with Crippen molar-refractivity contribution in [2.75, 3.05) is 11.9 Å². The number of rotatable bonds is 2. The lowest BCUT2D eigenvalue weighted by molar-refractivity contribution is 0.443. The van der Waals surface area contributed by atoms with Gasteiger partial charge in [0.25, 0.3) is 0 Å². The highest BCUT2D eigenvalue weighted by Crippen LogP contribution is 2.15. The summed E-state index contributed by atoms with van der Waals surface area (Å²) in [5, 5.41) is 3.41. The average molecular weight is 177 g/mol. The van der Waals surface area contributed by atoms with Crippen LogP contribution in [0.25, 0.3) is 0 Å². The molecular weight excluding hydrogens is 158 g/mol. The Morgan fingerprint density at radius 1 is 1.08 bits per heavy atom. The second-order valence-electron chi connectivity index (χ2n) is 4.78. The highest BCUT2D eigenvalue weighted by atomic mass is 14.9. The highest BCUT2D eigenvalue weighted by Gasteiger charge is 2.08. The van der Waals surface area contributed by atoms with Crippen molar-refractivity contribution in [3.63, 3.8) is 0 Å². The van der Waals surface area contributed by atoms with E-state index < -0.39 is 0 Å². The molecule has 0 saturated carbocycles. The molecule has 1 nitrogen and oxygen atoms in total. The maximum absolute atomic E-state index is 3.41. The van der Waals surface area contributed by atoms with E-state index in [0.717, 1.165) is 6.54 Å². The fourth-order valence-electron chi connectivity index (χ4n) is 1.04. The molecular formula is C12H19N. The third kappa shape index (κ3) is 3.97. The Balaban J connectivity index is 2.51. The highest BCUT2D eigenvalue weighted by molar-refractivity contribution is 5.44. The summed E-state index contributed by atoms with van der Waals surface area (Å²) in [4.78, 5) is 0. The first-order valence-electron chi connectivity index (χ1n) is 4.78. The molecule has 0 fully saturated rings. The maximum atomic E-state index is 3.41. The number of aryl methyl sites for hydroxylation is 1. The summed E-state index contributed by atoms with van der Waals surface area (Å²) in [7, 11) is 0. The summed E-state index contributed by atoms with van der Waals surface area (Å²) in [5.41, 5.74) is 2.85. The number of hydrogen-bond donors (Lipinski definition) is 1. The van der Waals surface area contributed by atoms with Gasteiger partial charge in [-0.3, -0.25) is 0 Å². The first-order valence-corrected chi connectivity index (χ1v) is 4.78. The molecule has 0 unspecified atom stereocenters. The molecule has 1 aromatic rings. The van der Waals surface area contributed by atoms with Crippen molar-refractivity contribution in [3.05, 3.63) is 29.8 Å². The van der Waals surface area contributed by atoms with E-state index in [1.807, 2.05) is 0 Å². The number of hydrogen-bond acceptors (Lipinski definition) is 1. The van der Waals surface area contributed by atoms with Gasteiger partial charge in [0.15, 0.2) is 0 Å². The summed E-state index contributed by atoms with van der Waals surface area (Å²) in [5.74, 6) is 0. The van der Waals surface area contributed by atoms with E-state index in [2.05, 4.69) is 57.3 Å². The minimum atomic E-state index is 0.338. The normalized spacial score (nSPS) is 11.4. The lowest BCUT2D eigenvalue weighted by atomic mass is 9.97. The van der Waals surface area contributed by atoms with Gasteiger partial charge in [0.1, 0.15) is 0 Å². The molecule has 0 saturated heterocycles. The van der Waals surface area contributed by atoms with Crippen molar-refractivity contribution in [1.82, 2.24) is 0 Å². The summed E-state index contributed by atoms with van der Waals surface area (Å²) in [6.45, 7) is 9.81. The molecule has 1 N–H and O–H groups in total. The lowest BCUT2D eigenvalue weighted by Crippen LogP contribution is -2.18. The molecule has 0 bridgehead atoms. The Bertz CT molecular complexity index is 253. The van der Waals surface area contributed by atoms with Crippen LogP contribution in [0.1, 0.15) is 26.3 Å². The van der Waals surface area contributed by atoms with Gasteiger partial charge in [0.05, 0.1) is 0 Å². The van der Waals surface area contributed by atoms with Crippen molar-refractivity contribution >= 4 is 5.69 Å². The maximum Gasteiger partial charge on any atom is 0.0340 e. The Morgan fingerprint density at radius 3 is 2.08 bits per heavy atom. The van der Waals surface area contributed by atoms with Gasteiger partial charge in [-0.25, -0.2) is 0 Å². The Hall–Kier alpha value is -0.980. The molecule has 0 aromatic heterocycles. The summed E-state index contributed by atoms with van der Waals surface area (Å²) in [6.07, 6.45) is 0. The molecule has 0 aliphatic carbocycles. The molecule has 1 aromatic carbocycles. The lowest BCUT2D eigenvalue weighted by Gasteiger charge is -2.19. The zero-order valence-electron chi connectivity index (χ0n) is 9.02. The minimum Gasteiger partial charge on any atom is -0.385 e. The van der Waals surface area contributed by atoms with Gasteiger partial charge in [-0.1, -0.05) is 38.5 Å². The van der Waals surface area contributed by atoms with Crippen LogP contribution < -0.4 is 5.32 Å². The van der Waals surface area contributed by atoms with Crippen molar-refractivity contribution in [2.24, 2.45) is 5.41 Å². The Morgan fingerprint density at radius 2 is 1.62 bits per heavy atom. The molecule has 0 aliphatic rings. The van der Waals surface area contributed by atoms with Crippen molar-refractivity contribution in [2.45, 2.75) is 27.7 Å². The van der Waals surface area contributed by atoms with Crippen molar-refractivity contribution in [1.29, 1.82) is 0 Å². The SMILES string of the molecule is Cc1ccc(NCC(C)(C)C)cc1. The second kappa shape index (κ2) is 3.82. The van der Waals surface area contributed by atoms with Crippen LogP contribution in [0.15, 0.2) is 24.3 Å². The van der Waals surface area contributed by atoms with Crippen LogP contribution in [0.5, 0.6) is 0 Å². The number of nitrogens with one attached hydrogen (secondary N) is 1. The van der Waals surface area contributed by atoms with E-state index in [9.17, 15) is 0 Å².